The van der Waals surface area contributed by atoms with Crippen molar-refractivity contribution in [2.45, 2.75) is 23.7 Å². The van der Waals surface area contributed by atoms with E-state index in [0.29, 0.717) is 22.4 Å². The van der Waals surface area contributed by atoms with E-state index in [0.717, 1.165) is 5.56 Å². The van der Waals surface area contributed by atoms with Crippen molar-refractivity contribution in [3.63, 3.8) is 0 Å². The van der Waals surface area contributed by atoms with E-state index < -0.39 is 17.4 Å². The molecule has 26 heavy (non-hydrogen) atoms. The summed E-state index contributed by atoms with van der Waals surface area (Å²) in [6, 6.07) is 11.9. The average Bonchev–Trinajstić information content (AvgIpc) is 2.67. The molecule has 1 atom stereocenters. The minimum atomic E-state index is -1.59. The van der Waals surface area contributed by atoms with Gasteiger partial charge in [0.1, 0.15) is 5.75 Å². The first-order chi connectivity index (χ1) is 12.5. The predicted octanol–water partition coefficient (Wildman–Crippen LogP) is 3.66. The minimum absolute atomic E-state index is 0.107. The van der Waals surface area contributed by atoms with Gasteiger partial charge in [-0.3, -0.25) is 4.79 Å². The first kappa shape index (κ1) is 18.5. The van der Waals surface area contributed by atoms with E-state index in [2.05, 4.69) is 5.32 Å². The summed E-state index contributed by atoms with van der Waals surface area (Å²) >= 11 is 11.9. The van der Waals surface area contributed by atoms with Gasteiger partial charge in [-0.2, -0.15) is 0 Å². The summed E-state index contributed by atoms with van der Waals surface area (Å²) in [5, 5.41) is 12.7. The molecule has 0 aliphatic carbocycles. The van der Waals surface area contributed by atoms with Gasteiger partial charge in [-0.15, -0.1) is 23.2 Å². The Kier molecular flexibility index (Phi) is 5.39. The largest absolute Gasteiger partial charge is 0.493 e. The zero-order valence-corrected chi connectivity index (χ0v) is 15.3. The van der Waals surface area contributed by atoms with Crippen LogP contribution in [0.1, 0.15) is 33.5 Å². The van der Waals surface area contributed by atoms with E-state index in [4.69, 9.17) is 27.9 Å². The monoisotopic (exact) mass is 393 g/mol. The number of hydrogen-bond donors (Lipinski definition) is 2. The van der Waals surface area contributed by atoms with Gasteiger partial charge in [0, 0.05) is 29.3 Å². The molecule has 1 amide bonds. The van der Waals surface area contributed by atoms with Crippen molar-refractivity contribution in [1.29, 1.82) is 0 Å². The molecular formula is C19H17Cl2NO4. The van der Waals surface area contributed by atoms with Gasteiger partial charge in [-0.1, -0.05) is 18.2 Å². The third kappa shape index (κ3) is 3.24. The second-order valence-corrected chi connectivity index (χ2v) is 6.55. The molecule has 0 saturated heterocycles. The number of ether oxygens (including phenoxy) is 1. The number of benzene rings is 2. The van der Waals surface area contributed by atoms with E-state index in [9.17, 15) is 14.7 Å². The van der Waals surface area contributed by atoms with Crippen LogP contribution in [0.2, 0.25) is 0 Å². The van der Waals surface area contributed by atoms with Gasteiger partial charge in [-0.25, -0.2) is 4.79 Å². The Morgan fingerprint density at radius 1 is 1.12 bits per heavy atom. The molecule has 7 heteroatoms. The average molecular weight is 394 g/mol. The van der Waals surface area contributed by atoms with Crippen LogP contribution in [0.25, 0.3) is 0 Å². The Morgan fingerprint density at radius 3 is 2.38 bits per heavy atom. The fraction of sp³-hybridized carbons (Fsp3) is 0.263. The normalized spacial score (nSPS) is 18.5. The highest BCUT2D eigenvalue weighted by molar-refractivity contribution is 6.18. The maximum absolute atomic E-state index is 12.6. The van der Waals surface area contributed by atoms with E-state index in [1.54, 1.807) is 42.5 Å². The Balaban J connectivity index is 2.09. The number of fused-ring (bicyclic) bond motifs is 1. The Morgan fingerprint density at radius 2 is 1.77 bits per heavy atom. The fourth-order valence-electron chi connectivity index (χ4n) is 3.08. The van der Waals surface area contributed by atoms with Crippen molar-refractivity contribution in [3.05, 3.63) is 64.7 Å². The smallest absolute Gasteiger partial charge is 0.334 e. The van der Waals surface area contributed by atoms with Crippen LogP contribution in [-0.2, 0) is 22.1 Å². The van der Waals surface area contributed by atoms with Crippen molar-refractivity contribution in [1.82, 2.24) is 5.32 Å². The molecule has 1 unspecified atom stereocenters. The standard InChI is InChI=1S/C19H17Cl2NO4/c20-10-13-8-15-16(9-14(13)11-21)26-7-6-19(15,18(24)25)22-17(23)12-4-2-1-3-5-12/h1-5,8-9H,6-7,10-11H2,(H,22,23)(H,24,25). The van der Waals surface area contributed by atoms with Gasteiger partial charge >= 0.3 is 5.97 Å². The molecule has 0 radical (unpaired) electrons. The quantitative estimate of drug-likeness (QED) is 0.760. The van der Waals surface area contributed by atoms with Crippen molar-refractivity contribution in [2.24, 2.45) is 0 Å². The van der Waals surface area contributed by atoms with Crippen LogP contribution in [0.15, 0.2) is 42.5 Å². The Labute approximate surface area is 160 Å². The van der Waals surface area contributed by atoms with E-state index in [1.807, 2.05) is 0 Å². The molecule has 0 saturated carbocycles. The number of carbonyl (C=O) groups is 2. The van der Waals surface area contributed by atoms with Crippen LogP contribution in [0.3, 0.4) is 0 Å². The van der Waals surface area contributed by atoms with Gasteiger partial charge < -0.3 is 15.2 Å². The molecule has 1 heterocycles. The maximum Gasteiger partial charge on any atom is 0.334 e. The summed E-state index contributed by atoms with van der Waals surface area (Å²) in [4.78, 5) is 24.9. The number of carbonyl (C=O) groups excluding carboxylic acids is 1. The summed E-state index contributed by atoms with van der Waals surface area (Å²) in [5.74, 6) is -0.802. The zero-order valence-electron chi connectivity index (χ0n) is 13.8. The third-order valence-electron chi connectivity index (χ3n) is 4.51. The van der Waals surface area contributed by atoms with Gasteiger partial charge in [0.05, 0.1) is 6.61 Å². The van der Waals surface area contributed by atoms with Gasteiger partial charge in [0.2, 0.25) is 0 Å². The number of alkyl halides is 2. The van der Waals surface area contributed by atoms with Crippen LogP contribution >= 0.6 is 23.2 Å². The lowest BCUT2D eigenvalue weighted by atomic mass is 9.82. The highest BCUT2D eigenvalue weighted by Gasteiger charge is 2.46. The van der Waals surface area contributed by atoms with E-state index in [-0.39, 0.29) is 24.8 Å². The lowest BCUT2D eigenvalue weighted by Crippen LogP contribution is -2.54. The van der Waals surface area contributed by atoms with Crippen LogP contribution in [0.4, 0.5) is 0 Å². The molecule has 0 bridgehead atoms. The second kappa shape index (κ2) is 7.56. The van der Waals surface area contributed by atoms with E-state index >= 15 is 0 Å². The molecule has 2 aromatic rings. The summed E-state index contributed by atoms with van der Waals surface area (Å²) in [5.41, 5.74) is 0.661. The lowest BCUT2D eigenvalue weighted by Gasteiger charge is -2.36. The molecule has 2 N–H and O–H groups in total. The molecule has 0 aromatic heterocycles. The van der Waals surface area contributed by atoms with Crippen molar-refractivity contribution >= 4 is 35.1 Å². The topological polar surface area (TPSA) is 75.6 Å². The van der Waals surface area contributed by atoms with Gasteiger partial charge in [-0.05, 0) is 35.4 Å². The fourth-order valence-corrected chi connectivity index (χ4v) is 3.58. The van der Waals surface area contributed by atoms with E-state index in [1.165, 1.54) is 0 Å². The molecular weight excluding hydrogens is 377 g/mol. The highest BCUT2D eigenvalue weighted by Crippen LogP contribution is 2.40. The second-order valence-electron chi connectivity index (χ2n) is 6.01. The SMILES string of the molecule is O=C(NC1(C(=O)O)CCOc2cc(CCl)c(CCl)cc21)c1ccccc1. The van der Waals surface area contributed by atoms with Crippen molar-refractivity contribution in [3.8, 4) is 5.75 Å². The zero-order chi connectivity index (χ0) is 18.7. The van der Waals surface area contributed by atoms with Crippen LogP contribution in [0.5, 0.6) is 5.75 Å². The first-order valence-corrected chi connectivity index (χ1v) is 9.10. The Hall–Kier alpha value is -2.24. The molecule has 0 fully saturated rings. The maximum atomic E-state index is 12.6. The number of halogens is 2. The van der Waals surface area contributed by atoms with Crippen LogP contribution < -0.4 is 10.1 Å². The molecule has 3 rings (SSSR count). The number of amides is 1. The Bertz CT molecular complexity index is 841. The molecule has 1 aliphatic rings. The van der Waals surface area contributed by atoms with Gasteiger partial charge in [0.25, 0.3) is 5.91 Å². The molecule has 2 aromatic carbocycles. The molecule has 0 spiro atoms. The predicted molar refractivity (Wildman–Crippen MR) is 98.9 cm³/mol. The number of rotatable bonds is 5. The summed E-state index contributed by atoms with van der Waals surface area (Å²) in [7, 11) is 0. The molecule has 1 aliphatic heterocycles. The molecule has 136 valence electrons. The van der Waals surface area contributed by atoms with Crippen LogP contribution in [-0.4, -0.2) is 23.6 Å². The molecule has 5 nitrogen and oxygen atoms in total. The number of carboxylic acid groups (broad SMARTS) is 1. The van der Waals surface area contributed by atoms with Crippen molar-refractivity contribution < 1.29 is 19.4 Å². The summed E-state index contributed by atoms with van der Waals surface area (Å²) in [6.45, 7) is 0.163. The van der Waals surface area contributed by atoms with Gasteiger partial charge in [0.15, 0.2) is 5.54 Å². The lowest BCUT2D eigenvalue weighted by molar-refractivity contribution is -0.146. The van der Waals surface area contributed by atoms with Crippen molar-refractivity contribution in [2.75, 3.05) is 6.61 Å². The number of hydrogen-bond acceptors (Lipinski definition) is 3. The first-order valence-electron chi connectivity index (χ1n) is 8.04. The number of nitrogens with one attached hydrogen (secondary N) is 1. The van der Waals surface area contributed by atoms with Crippen LogP contribution in [0, 0.1) is 0 Å². The number of carboxylic acids is 1. The minimum Gasteiger partial charge on any atom is -0.493 e. The highest BCUT2D eigenvalue weighted by atomic mass is 35.5. The third-order valence-corrected chi connectivity index (χ3v) is 5.09. The number of aliphatic carboxylic acids is 1. The summed E-state index contributed by atoms with van der Waals surface area (Å²) < 4.78 is 5.64. The summed E-state index contributed by atoms with van der Waals surface area (Å²) in [6.07, 6.45) is 0.107.